The Morgan fingerprint density at radius 2 is 2.64 bits per heavy atom. The zero-order valence-electron chi connectivity index (χ0n) is 8.27. The van der Waals surface area contributed by atoms with Gasteiger partial charge in [0.2, 0.25) is 0 Å². The third-order valence-electron chi connectivity index (χ3n) is 2.32. The summed E-state index contributed by atoms with van der Waals surface area (Å²) in [6.45, 7) is 3.29. The van der Waals surface area contributed by atoms with Gasteiger partial charge in [0.05, 0.1) is 6.61 Å². The van der Waals surface area contributed by atoms with Crippen molar-refractivity contribution in [2.24, 2.45) is 5.73 Å². The Labute approximate surface area is 87.7 Å². The Balaban J connectivity index is 2.06. The number of thiazole rings is 1. The molecule has 0 bridgehead atoms. The Bertz CT molecular complexity index is 302. The minimum Gasteiger partial charge on any atom is -0.368 e. The molecule has 2 N–H and O–H groups in total. The fourth-order valence-electron chi connectivity index (χ4n) is 1.49. The summed E-state index contributed by atoms with van der Waals surface area (Å²) in [5.41, 5.74) is 5.54. The van der Waals surface area contributed by atoms with Gasteiger partial charge in [-0.1, -0.05) is 0 Å². The van der Waals surface area contributed by atoms with E-state index in [1.165, 1.54) is 0 Å². The van der Waals surface area contributed by atoms with Gasteiger partial charge in [-0.15, -0.1) is 11.3 Å². The monoisotopic (exact) mass is 213 g/mol. The van der Waals surface area contributed by atoms with Gasteiger partial charge in [-0.05, 0) is 7.05 Å². The van der Waals surface area contributed by atoms with Crippen LogP contribution in [0.3, 0.4) is 0 Å². The molecule has 1 aromatic heterocycles. The van der Waals surface area contributed by atoms with E-state index in [-0.39, 0.29) is 6.10 Å². The highest BCUT2D eigenvalue weighted by atomic mass is 32.1. The predicted molar refractivity (Wildman–Crippen MR) is 56.2 cm³/mol. The highest BCUT2D eigenvalue weighted by Crippen LogP contribution is 2.25. The number of likely N-dealkylation sites (N-methyl/N-ethyl adjacent to an activating group) is 1. The van der Waals surface area contributed by atoms with E-state index in [1.807, 2.05) is 6.20 Å². The largest absolute Gasteiger partial charge is 0.368 e. The van der Waals surface area contributed by atoms with Crippen LogP contribution in [0.5, 0.6) is 0 Å². The van der Waals surface area contributed by atoms with Gasteiger partial charge >= 0.3 is 0 Å². The number of hydrogen-bond donors (Lipinski definition) is 1. The number of rotatable bonds is 2. The molecule has 1 fully saturated rings. The Morgan fingerprint density at radius 1 is 1.79 bits per heavy atom. The first-order valence-electron chi connectivity index (χ1n) is 4.74. The minimum absolute atomic E-state index is 0.138. The van der Waals surface area contributed by atoms with Crippen LogP contribution in [0.1, 0.15) is 16.0 Å². The van der Waals surface area contributed by atoms with Crippen molar-refractivity contribution < 1.29 is 4.74 Å². The van der Waals surface area contributed by atoms with Gasteiger partial charge in [-0.3, -0.25) is 0 Å². The van der Waals surface area contributed by atoms with Gasteiger partial charge < -0.3 is 15.4 Å². The molecular formula is C9H15N3OS. The molecule has 0 spiro atoms. The van der Waals surface area contributed by atoms with Gasteiger partial charge in [0.1, 0.15) is 11.1 Å². The maximum Gasteiger partial charge on any atom is 0.123 e. The van der Waals surface area contributed by atoms with Gasteiger partial charge in [0, 0.05) is 30.7 Å². The third-order valence-corrected chi connectivity index (χ3v) is 3.43. The van der Waals surface area contributed by atoms with Crippen molar-refractivity contribution in [2.75, 3.05) is 26.7 Å². The van der Waals surface area contributed by atoms with Crippen LogP contribution in [0.25, 0.3) is 0 Å². The van der Waals surface area contributed by atoms with E-state index < -0.39 is 0 Å². The fraction of sp³-hybridized carbons (Fsp3) is 0.667. The first-order valence-corrected chi connectivity index (χ1v) is 5.56. The molecule has 4 nitrogen and oxygen atoms in total. The average molecular weight is 213 g/mol. The lowest BCUT2D eigenvalue weighted by Gasteiger charge is -2.28. The lowest BCUT2D eigenvalue weighted by Crippen LogP contribution is -2.35. The molecule has 0 amide bonds. The summed E-state index contributed by atoms with van der Waals surface area (Å²) in [5.74, 6) is 0. The van der Waals surface area contributed by atoms with Crippen molar-refractivity contribution >= 4 is 11.3 Å². The van der Waals surface area contributed by atoms with E-state index >= 15 is 0 Å². The van der Waals surface area contributed by atoms with Crippen LogP contribution in [-0.4, -0.2) is 36.6 Å². The van der Waals surface area contributed by atoms with Gasteiger partial charge in [-0.25, -0.2) is 4.98 Å². The molecule has 1 saturated heterocycles. The zero-order chi connectivity index (χ0) is 9.97. The van der Waals surface area contributed by atoms with Gasteiger partial charge in [-0.2, -0.15) is 0 Å². The molecule has 0 radical (unpaired) electrons. The third kappa shape index (κ3) is 2.12. The van der Waals surface area contributed by atoms with Crippen molar-refractivity contribution in [1.29, 1.82) is 0 Å². The smallest absolute Gasteiger partial charge is 0.123 e. The van der Waals surface area contributed by atoms with E-state index in [9.17, 15) is 0 Å². The first-order chi connectivity index (χ1) is 6.79. The number of morpholine rings is 1. The molecule has 1 unspecified atom stereocenters. The van der Waals surface area contributed by atoms with Crippen molar-refractivity contribution in [3.63, 3.8) is 0 Å². The van der Waals surface area contributed by atoms with Crippen LogP contribution in [0.4, 0.5) is 0 Å². The van der Waals surface area contributed by atoms with Crippen LogP contribution < -0.4 is 5.73 Å². The SMILES string of the molecule is CN1CCOC(c2ncc(CN)s2)C1. The van der Waals surface area contributed by atoms with E-state index in [1.54, 1.807) is 11.3 Å². The molecule has 0 aromatic carbocycles. The molecule has 1 atom stereocenters. The molecule has 2 heterocycles. The number of aromatic nitrogens is 1. The predicted octanol–water partition coefficient (Wildman–Crippen LogP) is 0.605. The number of hydrogen-bond acceptors (Lipinski definition) is 5. The summed E-state index contributed by atoms with van der Waals surface area (Å²) >= 11 is 1.65. The minimum atomic E-state index is 0.138. The topological polar surface area (TPSA) is 51.4 Å². The maximum atomic E-state index is 5.66. The van der Waals surface area contributed by atoms with Crippen molar-refractivity contribution in [3.8, 4) is 0 Å². The van der Waals surface area contributed by atoms with E-state index in [0.29, 0.717) is 6.54 Å². The van der Waals surface area contributed by atoms with Crippen molar-refractivity contribution in [1.82, 2.24) is 9.88 Å². The highest BCUT2D eigenvalue weighted by Gasteiger charge is 2.21. The molecule has 78 valence electrons. The first kappa shape index (κ1) is 10.0. The molecule has 0 aliphatic carbocycles. The van der Waals surface area contributed by atoms with Crippen LogP contribution in [0, 0.1) is 0 Å². The van der Waals surface area contributed by atoms with Gasteiger partial charge in [0.25, 0.3) is 0 Å². The van der Waals surface area contributed by atoms with Crippen molar-refractivity contribution in [2.45, 2.75) is 12.6 Å². The summed E-state index contributed by atoms with van der Waals surface area (Å²) in [7, 11) is 2.10. The molecule has 1 aromatic rings. The summed E-state index contributed by atoms with van der Waals surface area (Å²) in [6.07, 6.45) is 1.98. The second-order valence-corrected chi connectivity index (χ2v) is 4.64. The van der Waals surface area contributed by atoms with Crippen LogP contribution >= 0.6 is 11.3 Å². The lowest BCUT2D eigenvalue weighted by atomic mass is 10.3. The van der Waals surface area contributed by atoms with Gasteiger partial charge in [0.15, 0.2) is 0 Å². The van der Waals surface area contributed by atoms with Crippen LogP contribution in [-0.2, 0) is 11.3 Å². The molecule has 1 aliphatic heterocycles. The second kappa shape index (κ2) is 4.35. The number of nitrogens with two attached hydrogens (primary N) is 1. The number of ether oxygens (including phenoxy) is 1. The van der Waals surface area contributed by atoms with Crippen LogP contribution in [0.2, 0.25) is 0 Å². The molecule has 1 aliphatic rings. The number of nitrogens with zero attached hydrogens (tertiary/aromatic N) is 2. The Morgan fingerprint density at radius 3 is 3.29 bits per heavy atom. The zero-order valence-corrected chi connectivity index (χ0v) is 9.09. The standard InChI is InChI=1S/C9H15N3OS/c1-12-2-3-13-8(6-12)9-11-5-7(4-10)14-9/h5,8H,2-4,6,10H2,1H3. The van der Waals surface area contributed by atoms with E-state index in [2.05, 4.69) is 16.9 Å². The second-order valence-electron chi connectivity index (χ2n) is 3.49. The Kier molecular flexibility index (Phi) is 3.12. The molecule has 5 heteroatoms. The average Bonchev–Trinajstić information content (AvgIpc) is 2.66. The quantitative estimate of drug-likeness (QED) is 0.782. The normalized spacial score (nSPS) is 24.0. The summed E-state index contributed by atoms with van der Waals surface area (Å²) in [6, 6.07) is 0. The summed E-state index contributed by atoms with van der Waals surface area (Å²) in [4.78, 5) is 7.72. The summed E-state index contributed by atoms with van der Waals surface area (Å²) < 4.78 is 5.66. The van der Waals surface area contributed by atoms with Crippen molar-refractivity contribution in [3.05, 3.63) is 16.1 Å². The fourth-order valence-corrected chi connectivity index (χ4v) is 2.33. The lowest BCUT2D eigenvalue weighted by molar-refractivity contribution is -0.0209. The molecule has 2 rings (SSSR count). The highest BCUT2D eigenvalue weighted by molar-refractivity contribution is 7.11. The Hall–Kier alpha value is -0.490. The maximum absolute atomic E-state index is 5.66. The molecular weight excluding hydrogens is 198 g/mol. The van der Waals surface area contributed by atoms with E-state index in [4.69, 9.17) is 10.5 Å². The summed E-state index contributed by atoms with van der Waals surface area (Å²) in [5, 5.41) is 1.05. The molecule has 0 saturated carbocycles. The van der Waals surface area contributed by atoms with Crippen LogP contribution in [0.15, 0.2) is 6.20 Å². The molecule has 14 heavy (non-hydrogen) atoms. The van der Waals surface area contributed by atoms with E-state index in [0.717, 1.165) is 29.6 Å².